The summed E-state index contributed by atoms with van der Waals surface area (Å²) >= 11 is 5.70. The van der Waals surface area contributed by atoms with E-state index in [-0.39, 0.29) is 0 Å². The highest BCUT2D eigenvalue weighted by atomic mass is 32.1. The van der Waals surface area contributed by atoms with Crippen LogP contribution in [0.4, 0.5) is 17.1 Å². The first-order valence-corrected chi connectivity index (χ1v) is 11.4. The molecule has 0 atom stereocenters. The van der Waals surface area contributed by atoms with Crippen molar-refractivity contribution in [3.8, 4) is 11.1 Å². The zero-order chi connectivity index (χ0) is 22.8. The molecule has 4 heteroatoms. The number of hydrogen-bond acceptors (Lipinski definition) is 2. The van der Waals surface area contributed by atoms with Crippen LogP contribution in [0.3, 0.4) is 0 Å². The van der Waals surface area contributed by atoms with E-state index in [4.69, 9.17) is 12.2 Å². The summed E-state index contributed by atoms with van der Waals surface area (Å²) < 4.78 is 0. The maximum atomic E-state index is 5.70. The van der Waals surface area contributed by atoms with Crippen LogP contribution in [0.2, 0.25) is 0 Å². The highest BCUT2D eigenvalue weighted by molar-refractivity contribution is 7.80. The molecule has 0 amide bonds. The standard InChI is InChI=1S/C29H25N3S/c1-32(2)26-19-17-21-11-7-9-15-24(21)28(26)27-23-14-8-6-10-20(23)16-18-25(27)31-29(33)30-22-12-4-3-5-13-22/h3-19H,1-2H3,(H2,30,31,33). The van der Waals surface area contributed by atoms with E-state index in [0.29, 0.717) is 5.11 Å². The van der Waals surface area contributed by atoms with Crippen molar-refractivity contribution in [1.82, 2.24) is 0 Å². The fourth-order valence-corrected chi connectivity index (χ4v) is 4.57. The van der Waals surface area contributed by atoms with Gasteiger partial charge in [0.15, 0.2) is 5.11 Å². The van der Waals surface area contributed by atoms with Crippen LogP contribution in [0.5, 0.6) is 0 Å². The summed E-state index contributed by atoms with van der Waals surface area (Å²) in [5, 5.41) is 12.1. The number of anilines is 3. The van der Waals surface area contributed by atoms with Crippen LogP contribution in [0.15, 0.2) is 103 Å². The predicted octanol–water partition coefficient (Wildman–Crippen LogP) is 7.53. The number of nitrogens with one attached hydrogen (secondary N) is 2. The molecule has 0 aliphatic heterocycles. The highest BCUT2D eigenvalue weighted by Crippen LogP contribution is 2.44. The van der Waals surface area contributed by atoms with Gasteiger partial charge >= 0.3 is 0 Å². The second-order valence-electron chi connectivity index (χ2n) is 8.23. The number of nitrogens with zero attached hydrogens (tertiary/aromatic N) is 1. The minimum Gasteiger partial charge on any atom is -0.377 e. The second-order valence-corrected chi connectivity index (χ2v) is 8.64. The molecule has 0 heterocycles. The SMILES string of the molecule is CN(C)c1ccc2ccccc2c1-c1c(NC(=S)Nc2ccccc2)ccc2ccccc12. The lowest BCUT2D eigenvalue weighted by atomic mass is 9.90. The van der Waals surface area contributed by atoms with Gasteiger partial charge in [-0.05, 0) is 58.0 Å². The Hall–Kier alpha value is -3.89. The highest BCUT2D eigenvalue weighted by Gasteiger charge is 2.18. The minimum absolute atomic E-state index is 0.560. The lowest BCUT2D eigenvalue weighted by Crippen LogP contribution is -2.19. The first-order chi connectivity index (χ1) is 16.1. The lowest BCUT2D eigenvalue weighted by Gasteiger charge is -2.23. The molecule has 162 valence electrons. The summed E-state index contributed by atoms with van der Waals surface area (Å²) in [7, 11) is 4.18. The first kappa shape index (κ1) is 21.0. The van der Waals surface area contributed by atoms with Gasteiger partial charge in [-0.2, -0.15) is 0 Å². The third kappa shape index (κ3) is 4.13. The van der Waals surface area contributed by atoms with E-state index in [9.17, 15) is 0 Å². The van der Waals surface area contributed by atoms with E-state index >= 15 is 0 Å². The predicted molar refractivity (Wildman–Crippen MR) is 148 cm³/mol. The molecular weight excluding hydrogens is 422 g/mol. The van der Waals surface area contributed by atoms with Gasteiger partial charge in [-0.25, -0.2) is 0 Å². The normalized spacial score (nSPS) is 10.8. The van der Waals surface area contributed by atoms with Gasteiger partial charge in [0, 0.05) is 42.3 Å². The summed E-state index contributed by atoms with van der Waals surface area (Å²) in [6.45, 7) is 0. The molecule has 2 N–H and O–H groups in total. The van der Waals surface area contributed by atoms with Gasteiger partial charge in [0.1, 0.15) is 0 Å². The molecule has 0 radical (unpaired) electrons. The van der Waals surface area contributed by atoms with Crippen LogP contribution >= 0.6 is 12.2 Å². The fraction of sp³-hybridized carbons (Fsp3) is 0.0690. The molecule has 0 saturated carbocycles. The molecule has 33 heavy (non-hydrogen) atoms. The van der Waals surface area contributed by atoms with E-state index < -0.39 is 0 Å². The largest absolute Gasteiger partial charge is 0.377 e. The summed E-state index contributed by atoms with van der Waals surface area (Å²) in [6.07, 6.45) is 0. The van der Waals surface area contributed by atoms with Crippen molar-refractivity contribution in [2.24, 2.45) is 0 Å². The van der Waals surface area contributed by atoms with Crippen molar-refractivity contribution >= 4 is 55.9 Å². The average molecular weight is 448 g/mol. The van der Waals surface area contributed by atoms with Crippen molar-refractivity contribution in [3.63, 3.8) is 0 Å². The van der Waals surface area contributed by atoms with Gasteiger partial charge in [-0.3, -0.25) is 0 Å². The average Bonchev–Trinajstić information content (AvgIpc) is 2.84. The topological polar surface area (TPSA) is 27.3 Å². The molecule has 0 unspecified atom stereocenters. The van der Waals surface area contributed by atoms with Crippen molar-refractivity contribution in [3.05, 3.63) is 103 Å². The summed E-state index contributed by atoms with van der Waals surface area (Å²) in [6, 6.07) is 35.7. The number of para-hydroxylation sites is 1. The number of fused-ring (bicyclic) bond motifs is 2. The molecule has 5 rings (SSSR count). The maximum Gasteiger partial charge on any atom is 0.175 e. The van der Waals surface area contributed by atoms with Gasteiger partial charge in [0.25, 0.3) is 0 Å². The van der Waals surface area contributed by atoms with E-state index in [1.807, 2.05) is 30.3 Å². The van der Waals surface area contributed by atoms with Gasteiger partial charge in [-0.1, -0.05) is 78.9 Å². The smallest absolute Gasteiger partial charge is 0.175 e. The number of rotatable bonds is 4. The maximum absolute atomic E-state index is 5.70. The molecule has 3 nitrogen and oxygen atoms in total. The number of hydrogen-bond donors (Lipinski definition) is 2. The Kier molecular flexibility index (Phi) is 5.68. The Morgan fingerprint density at radius 1 is 0.606 bits per heavy atom. The fourth-order valence-electron chi connectivity index (χ4n) is 4.35. The monoisotopic (exact) mass is 447 g/mol. The minimum atomic E-state index is 0.560. The van der Waals surface area contributed by atoms with Crippen LogP contribution in [-0.4, -0.2) is 19.2 Å². The van der Waals surface area contributed by atoms with Gasteiger partial charge in [-0.15, -0.1) is 0 Å². The number of thiocarbonyl (C=S) groups is 1. The molecule has 0 spiro atoms. The van der Waals surface area contributed by atoms with Crippen LogP contribution < -0.4 is 15.5 Å². The molecule has 0 fully saturated rings. The number of benzene rings is 5. The van der Waals surface area contributed by atoms with Gasteiger partial charge in [0.2, 0.25) is 0 Å². The Bertz CT molecular complexity index is 1460. The van der Waals surface area contributed by atoms with E-state index in [0.717, 1.165) is 22.6 Å². The van der Waals surface area contributed by atoms with Crippen molar-refractivity contribution in [2.45, 2.75) is 0 Å². The van der Waals surface area contributed by atoms with E-state index in [1.165, 1.54) is 27.1 Å². The molecule has 5 aromatic carbocycles. The van der Waals surface area contributed by atoms with Gasteiger partial charge in [0.05, 0.1) is 0 Å². The van der Waals surface area contributed by atoms with Crippen LogP contribution in [-0.2, 0) is 0 Å². The summed E-state index contributed by atoms with van der Waals surface area (Å²) in [5.41, 5.74) is 5.43. The van der Waals surface area contributed by atoms with Crippen molar-refractivity contribution < 1.29 is 0 Å². The summed E-state index contributed by atoms with van der Waals surface area (Å²) in [5.74, 6) is 0. The van der Waals surface area contributed by atoms with Crippen molar-refractivity contribution in [1.29, 1.82) is 0 Å². The first-order valence-electron chi connectivity index (χ1n) is 11.0. The third-order valence-electron chi connectivity index (χ3n) is 5.85. The van der Waals surface area contributed by atoms with Crippen LogP contribution in [0, 0.1) is 0 Å². The van der Waals surface area contributed by atoms with Crippen LogP contribution in [0.1, 0.15) is 0 Å². The Morgan fingerprint density at radius 3 is 1.85 bits per heavy atom. The molecular formula is C29H25N3S. The Morgan fingerprint density at radius 2 is 1.18 bits per heavy atom. The van der Waals surface area contributed by atoms with E-state index in [1.54, 1.807) is 0 Å². The molecule has 0 aromatic heterocycles. The molecule has 0 aliphatic carbocycles. The zero-order valence-electron chi connectivity index (χ0n) is 18.7. The molecule has 5 aromatic rings. The quantitative estimate of drug-likeness (QED) is 0.278. The summed E-state index contributed by atoms with van der Waals surface area (Å²) in [4.78, 5) is 2.17. The Labute approximate surface area is 199 Å². The Balaban J connectivity index is 1.73. The molecule has 0 bridgehead atoms. The van der Waals surface area contributed by atoms with Gasteiger partial charge < -0.3 is 15.5 Å². The lowest BCUT2D eigenvalue weighted by molar-refractivity contribution is 1.14. The molecule has 0 saturated heterocycles. The van der Waals surface area contributed by atoms with Crippen molar-refractivity contribution in [2.75, 3.05) is 29.6 Å². The second kappa shape index (κ2) is 8.93. The zero-order valence-corrected chi connectivity index (χ0v) is 19.5. The van der Waals surface area contributed by atoms with E-state index in [2.05, 4.69) is 102 Å². The molecule has 0 aliphatic rings. The van der Waals surface area contributed by atoms with Crippen LogP contribution in [0.25, 0.3) is 32.7 Å². The third-order valence-corrected chi connectivity index (χ3v) is 6.05.